The molecule has 2 amide bonds. The third-order valence-corrected chi connectivity index (χ3v) is 3.66. The summed E-state index contributed by atoms with van der Waals surface area (Å²) in [6.45, 7) is 3.98. The minimum absolute atomic E-state index is 0.0342. The van der Waals surface area contributed by atoms with Crippen molar-refractivity contribution in [1.82, 2.24) is 5.32 Å². The Morgan fingerprint density at radius 1 is 1.35 bits per heavy atom. The minimum atomic E-state index is -0.508. The summed E-state index contributed by atoms with van der Waals surface area (Å²) in [5.41, 5.74) is 0.479. The third kappa shape index (κ3) is 3.25. The summed E-state index contributed by atoms with van der Waals surface area (Å²) in [6, 6.07) is 4.36. The molecule has 6 heteroatoms. The molecule has 0 radical (unpaired) electrons. The number of amides is 2. The molecule has 1 aromatic rings. The number of nitrogens with zero attached hydrogens (tertiary/aromatic N) is 1. The summed E-state index contributed by atoms with van der Waals surface area (Å²) in [4.78, 5) is 25.7. The highest BCUT2D eigenvalue weighted by atomic mass is 35.5. The van der Waals surface area contributed by atoms with Crippen LogP contribution in [0.1, 0.15) is 20.3 Å². The molecular formula is C14H16Cl2N2O2. The maximum Gasteiger partial charge on any atom is 0.250 e. The molecule has 0 bridgehead atoms. The van der Waals surface area contributed by atoms with Crippen molar-refractivity contribution >= 4 is 40.7 Å². The van der Waals surface area contributed by atoms with E-state index in [1.165, 1.54) is 4.90 Å². The van der Waals surface area contributed by atoms with Crippen LogP contribution < -0.4 is 10.2 Å². The van der Waals surface area contributed by atoms with E-state index in [1.54, 1.807) is 18.2 Å². The maximum atomic E-state index is 12.5. The lowest BCUT2D eigenvalue weighted by Crippen LogP contribution is -2.58. The number of benzene rings is 1. The molecular weight excluding hydrogens is 299 g/mol. The predicted octanol–water partition coefficient (Wildman–Crippen LogP) is 2.87. The number of anilines is 1. The van der Waals surface area contributed by atoms with Gasteiger partial charge >= 0.3 is 0 Å². The van der Waals surface area contributed by atoms with Crippen LogP contribution in [0.4, 0.5) is 5.69 Å². The maximum absolute atomic E-state index is 12.5. The van der Waals surface area contributed by atoms with Crippen molar-refractivity contribution in [3.63, 3.8) is 0 Å². The molecule has 2 rings (SSSR count). The summed E-state index contributed by atoms with van der Waals surface area (Å²) in [7, 11) is 0. The molecule has 20 heavy (non-hydrogen) atoms. The lowest BCUT2D eigenvalue weighted by molar-refractivity contribution is -0.131. The van der Waals surface area contributed by atoms with E-state index < -0.39 is 6.04 Å². The van der Waals surface area contributed by atoms with Crippen molar-refractivity contribution in [2.45, 2.75) is 26.3 Å². The van der Waals surface area contributed by atoms with Gasteiger partial charge in [-0.1, -0.05) is 37.0 Å². The highest BCUT2D eigenvalue weighted by molar-refractivity contribution is 6.36. The van der Waals surface area contributed by atoms with Crippen molar-refractivity contribution < 1.29 is 9.59 Å². The van der Waals surface area contributed by atoms with Gasteiger partial charge < -0.3 is 5.32 Å². The second kappa shape index (κ2) is 6.02. The average molecular weight is 315 g/mol. The van der Waals surface area contributed by atoms with Crippen molar-refractivity contribution in [2.24, 2.45) is 5.92 Å². The van der Waals surface area contributed by atoms with Crippen LogP contribution in [0.2, 0.25) is 10.0 Å². The minimum Gasteiger partial charge on any atom is -0.343 e. The van der Waals surface area contributed by atoms with Gasteiger partial charge in [0.15, 0.2) is 0 Å². The molecule has 1 aromatic carbocycles. The number of nitrogens with one attached hydrogen (secondary N) is 1. The fraction of sp³-hybridized carbons (Fsp3) is 0.429. The molecule has 1 fully saturated rings. The van der Waals surface area contributed by atoms with Crippen molar-refractivity contribution in [3.8, 4) is 0 Å². The first-order chi connectivity index (χ1) is 9.38. The normalized spacial score (nSPS) is 19.4. The van der Waals surface area contributed by atoms with Gasteiger partial charge in [-0.2, -0.15) is 0 Å². The van der Waals surface area contributed by atoms with E-state index in [0.29, 0.717) is 28.1 Å². The SMILES string of the molecule is CC(C)CC1NC(=O)CN(c2cc(Cl)ccc2Cl)C1=O. The Balaban J connectivity index is 2.32. The summed E-state index contributed by atoms with van der Waals surface area (Å²) in [5.74, 6) is -0.0345. The van der Waals surface area contributed by atoms with Crippen LogP contribution in [0.5, 0.6) is 0 Å². The van der Waals surface area contributed by atoms with Crippen molar-refractivity contribution in [1.29, 1.82) is 0 Å². The van der Waals surface area contributed by atoms with E-state index in [1.807, 2.05) is 13.8 Å². The molecule has 1 atom stereocenters. The third-order valence-electron chi connectivity index (χ3n) is 3.11. The molecule has 1 unspecified atom stereocenters. The fourth-order valence-electron chi connectivity index (χ4n) is 2.24. The van der Waals surface area contributed by atoms with E-state index in [4.69, 9.17) is 23.2 Å². The number of halogens is 2. The predicted molar refractivity (Wildman–Crippen MR) is 80.2 cm³/mol. The summed E-state index contributed by atoms with van der Waals surface area (Å²) < 4.78 is 0. The van der Waals surface area contributed by atoms with E-state index in [0.717, 1.165) is 0 Å². The second-order valence-corrected chi connectivity index (χ2v) is 6.11. The van der Waals surface area contributed by atoms with Crippen LogP contribution in [0, 0.1) is 5.92 Å². The molecule has 1 heterocycles. The molecule has 0 aromatic heterocycles. The number of hydrogen-bond acceptors (Lipinski definition) is 2. The Morgan fingerprint density at radius 3 is 2.70 bits per heavy atom. The second-order valence-electron chi connectivity index (χ2n) is 5.27. The van der Waals surface area contributed by atoms with Gasteiger partial charge in [0.1, 0.15) is 12.6 Å². The summed E-state index contributed by atoms with van der Waals surface area (Å²) >= 11 is 12.1. The molecule has 0 saturated carbocycles. The Morgan fingerprint density at radius 2 is 2.05 bits per heavy atom. The standard InChI is InChI=1S/C14H16Cl2N2O2/c1-8(2)5-11-14(20)18(7-13(19)17-11)12-6-9(15)3-4-10(12)16/h3-4,6,8,11H,5,7H2,1-2H3,(H,17,19). The molecule has 0 aliphatic carbocycles. The number of piperazine rings is 1. The lowest BCUT2D eigenvalue weighted by atomic mass is 10.0. The van der Waals surface area contributed by atoms with Crippen LogP contribution in [0.15, 0.2) is 18.2 Å². The van der Waals surface area contributed by atoms with Gasteiger partial charge in [-0.05, 0) is 30.5 Å². The van der Waals surface area contributed by atoms with Gasteiger partial charge in [-0.25, -0.2) is 0 Å². The molecule has 1 aliphatic rings. The lowest BCUT2D eigenvalue weighted by Gasteiger charge is -2.33. The van der Waals surface area contributed by atoms with Crippen LogP contribution in [-0.4, -0.2) is 24.4 Å². The van der Waals surface area contributed by atoms with Crippen LogP contribution >= 0.6 is 23.2 Å². The van der Waals surface area contributed by atoms with Crippen LogP contribution in [-0.2, 0) is 9.59 Å². The molecule has 0 spiro atoms. The Bertz CT molecular complexity index is 546. The number of carbonyl (C=O) groups excluding carboxylic acids is 2. The largest absolute Gasteiger partial charge is 0.343 e. The van der Waals surface area contributed by atoms with Gasteiger partial charge in [0.2, 0.25) is 11.8 Å². The first kappa shape index (κ1) is 15.1. The van der Waals surface area contributed by atoms with Gasteiger partial charge in [-0.15, -0.1) is 0 Å². The summed E-state index contributed by atoms with van der Waals surface area (Å²) in [6.07, 6.45) is 0.596. The Kier molecular flexibility index (Phi) is 4.55. The zero-order valence-corrected chi connectivity index (χ0v) is 12.8. The number of hydrogen-bond donors (Lipinski definition) is 1. The smallest absolute Gasteiger partial charge is 0.250 e. The average Bonchev–Trinajstić information content (AvgIpc) is 2.36. The van der Waals surface area contributed by atoms with Gasteiger partial charge in [0, 0.05) is 5.02 Å². The quantitative estimate of drug-likeness (QED) is 0.932. The highest BCUT2D eigenvalue weighted by Gasteiger charge is 2.34. The van der Waals surface area contributed by atoms with E-state index >= 15 is 0 Å². The molecule has 1 N–H and O–H groups in total. The Labute approximate surface area is 128 Å². The van der Waals surface area contributed by atoms with Crippen LogP contribution in [0.25, 0.3) is 0 Å². The van der Waals surface area contributed by atoms with Gasteiger partial charge in [-0.3, -0.25) is 14.5 Å². The zero-order chi connectivity index (χ0) is 14.9. The van der Waals surface area contributed by atoms with E-state index in [9.17, 15) is 9.59 Å². The van der Waals surface area contributed by atoms with Crippen LogP contribution in [0.3, 0.4) is 0 Å². The topological polar surface area (TPSA) is 49.4 Å². The fourth-order valence-corrected chi connectivity index (χ4v) is 2.62. The first-order valence-corrected chi connectivity index (χ1v) is 7.20. The van der Waals surface area contributed by atoms with Gasteiger partial charge in [0.05, 0.1) is 10.7 Å². The monoisotopic (exact) mass is 314 g/mol. The molecule has 4 nitrogen and oxygen atoms in total. The highest BCUT2D eigenvalue weighted by Crippen LogP contribution is 2.30. The van der Waals surface area contributed by atoms with Crippen molar-refractivity contribution in [3.05, 3.63) is 28.2 Å². The van der Waals surface area contributed by atoms with E-state index in [-0.39, 0.29) is 18.4 Å². The van der Waals surface area contributed by atoms with Gasteiger partial charge in [0.25, 0.3) is 0 Å². The Hall–Kier alpha value is -1.26. The molecule has 108 valence electrons. The van der Waals surface area contributed by atoms with Crippen molar-refractivity contribution in [2.75, 3.05) is 11.4 Å². The zero-order valence-electron chi connectivity index (χ0n) is 11.3. The van der Waals surface area contributed by atoms with E-state index in [2.05, 4.69) is 5.32 Å². The molecule has 1 saturated heterocycles. The number of carbonyl (C=O) groups is 2. The number of rotatable bonds is 3. The summed E-state index contributed by atoms with van der Waals surface area (Å²) in [5, 5.41) is 3.60. The molecule has 1 aliphatic heterocycles. The first-order valence-electron chi connectivity index (χ1n) is 6.44.